The third kappa shape index (κ3) is 2.49. The molecule has 3 rings (SSSR count). The second-order valence-electron chi connectivity index (χ2n) is 6.36. The maximum atomic E-state index is 5.97. The Labute approximate surface area is 121 Å². The highest BCUT2D eigenvalue weighted by molar-refractivity contribution is 5.10. The Morgan fingerprint density at radius 2 is 2.25 bits per heavy atom. The van der Waals surface area contributed by atoms with Crippen molar-refractivity contribution in [2.45, 2.75) is 70.7 Å². The van der Waals surface area contributed by atoms with Gasteiger partial charge in [-0.1, -0.05) is 12.8 Å². The van der Waals surface area contributed by atoms with Gasteiger partial charge in [0.2, 0.25) is 0 Å². The maximum Gasteiger partial charge on any atom is 0.137 e. The molecular formula is C15H26N4O. The van der Waals surface area contributed by atoms with Crippen molar-refractivity contribution in [3.63, 3.8) is 0 Å². The van der Waals surface area contributed by atoms with Gasteiger partial charge in [-0.15, -0.1) is 0 Å². The van der Waals surface area contributed by atoms with E-state index < -0.39 is 0 Å². The number of rotatable bonds is 6. The number of hydrogen-bond donors (Lipinski definition) is 1. The monoisotopic (exact) mass is 278 g/mol. The van der Waals surface area contributed by atoms with Crippen LogP contribution in [0.1, 0.15) is 46.0 Å². The zero-order valence-electron chi connectivity index (χ0n) is 12.6. The second-order valence-corrected chi connectivity index (χ2v) is 6.36. The van der Waals surface area contributed by atoms with Gasteiger partial charge in [-0.05, 0) is 33.1 Å². The number of nitrogens with one attached hydrogen (secondary N) is 1. The Hall–Kier alpha value is -0.940. The molecule has 0 bridgehead atoms. The molecule has 112 valence electrons. The SMILES string of the molecule is CCO[C@@H]1C[C@H](N[C@H](C)Cn2cncn2)C12CCCC2. The molecule has 1 aromatic heterocycles. The molecule has 20 heavy (non-hydrogen) atoms. The average Bonchev–Trinajstić information content (AvgIpc) is 3.09. The number of ether oxygens (including phenoxy) is 1. The van der Waals surface area contributed by atoms with Crippen molar-refractivity contribution in [2.75, 3.05) is 6.61 Å². The largest absolute Gasteiger partial charge is 0.378 e. The molecule has 1 spiro atoms. The highest BCUT2D eigenvalue weighted by Gasteiger charge is 2.56. The summed E-state index contributed by atoms with van der Waals surface area (Å²) in [6, 6.07) is 1.03. The molecule has 0 radical (unpaired) electrons. The summed E-state index contributed by atoms with van der Waals surface area (Å²) in [5.41, 5.74) is 0.409. The van der Waals surface area contributed by atoms with Gasteiger partial charge >= 0.3 is 0 Å². The Morgan fingerprint density at radius 3 is 2.90 bits per heavy atom. The molecule has 2 saturated carbocycles. The standard InChI is InChI=1S/C15H26N4O/c1-3-20-14-8-13(15(14)6-4-5-7-15)18-12(2)9-19-11-16-10-17-19/h10-14,18H,3-9H2,1-2H3/t12-,13+,14-/m1/s1. The van der Waals surface area contributed by atoms with E-state index in [0.29, 0.717) is 23.6 Å². The smallest absolute Gasteiger partial charge is 0.137 e. The minimum atomic E-state index is 0.409. The molecule has 0 saturated heterocycles. The summed E-state index contributed by atoms with van der Waals surface area (Å²) in [5, 5.41) is 7.99. The minimum absolute atomic E-state index is 0.409. The van der Waals surface area contributed by atoms with E-state index in [1.54, 1.807) is 12.7 Å². The van der Waals surface area contributed by atoms with Crippen LogP contribution in [0.15, 0.2) is 12.7 Å². The van der Waals surface area contributed by atoms with Gasteiger partial charge in [0, 0.05) is 24.1 Å². The summed E-state index contributed by atoms with van der Waals surface area (Å²) >= 11 is 0. The lowest BCUT2D eigenvalue weighted by molar-refractivity contribution is -0.132. The molecule has 5 nitrogen and oxygen atoms in total. The molecule has 2 fully saturated rings. The van der Waals surface area contributed by atoms with Crippen LogP contribution in [0.25, 0.3) is 0 Å². The molecule has 2 aliphatic carbocycles. The molecular weight excluding hydrogens is 252 g/mol. The van der Waals surface area contributed by atoms with Crippen LogP contribution in [0.2, 0.25) is 0 Å². The molecule has 1 N–H and O–H groups in total. The van der Waals surface area contributed by atoms with Gasteiger partial charge in [-0.25, -0.2) is 4.98 Å². The molecule has 1 heterocycles. The van der Waals surface area contributed by atoms with Crippen molar-refractivity contribution in [1.82, 2.24) is 20.1 Å². The molecule has 0 aromatic carbocycles. The van der Waals surface area contributed by atoms with Gasteiger partial charge in [-0.2, -0.15) is 5.10 Å². The van der Waals surface area contributed by atoms with Crippen LogP contribution in [0, 0.1) is 5.41 Å². The highest BCUT2D eigenvalue weighted by Crippen LogP contribution is 2.54. The van der Waals surface area contributed by atoms with Gasteiger partial charge in [-0.3, -0.25) is 4.68 Å². The van der Waals surface area contributed by atoms with E-state index in [2.05, 4.69) is 29.2 Å². The summed E-state index contributed by atoms with van der Waals surface area (Å²) in [4.78, 5) is 4.00. The predicted molar refractivity (Wildman–Crippen MR) is 77.3 cm³/mol. The third-order valence-corrected chi connectivity index (χ3v) is 5.10. The van der Waals surface area contributed by atoms with Crippen molar-refractivity contribution in [1.29, 1.82) is 0 Å². The summed E-state index contributed by atoms with van der Waals surface area (Å²) in [7, 11) is 0. The van der Waals surface area contributed by atoms with Crippen molar-refractivity contribution >= 4 is 0 Å². The van der Waals surface area contributed by atoms with E-state index >= 15 is 0 Å². The molecule has 5 heteroatoms. The van der Waals surface area contributed by atoms with Gasteiger partial charge in [0.15, 0.2) is 0 Å². The maximum absolute atomic E-state index is 5.97. The van der Waals surface area contributed by atoms with Crippen LogP contribution in [-0.2, 0) is 11.3 Å². The Balaban J connectivity index is 1.57. The second kappa shape index (κ2) is 5.82. The number of nitrogens with zero attached hydrogens (tertiary/aromatic N) is 3. The molecule has 0 amide bonds. The lowest BCUT2D eigenvalue weighted by atomic mass is 9.60. The minimum Gasteiger partial charge on any atom is -0.378 e. The van der Waals surface area contributed by atoms with Crippen molar-refractivity contribution < 1.29 is 4.74 Å². The van der Waals surface area contributed by atoms with Crippen LogP contribution in [0.5, 0.6) is 0 Å². The van der Waals surface area contributed by atoms with Crippen LogP contribution in [0.4, 0.5) is 0 Å². The van der Waals surface area contributed by atoms with E-state index in [0.717, 1.165) is 19.6 Å². The van der Waals surface area contributed by atoms with E-state index in [1.807, 2.05) is 4.68 Å². The first kappa shape index (κ1) is 14.0. The van der Waals surface area contributed by atoms with E-state index in [1.165, 1.54) is 25.7 Å². The molecule has 0 unspecified atom stereocenters. The van der Waals surface area contributed by atoms with Crippen LogP contribution < -0.4 is 5.32 Å². The normalized spacial score (nSPS) is 29.5. The molecule has 0 aliphatic heterocycles. The van der Waals surface area contributed by atoms with Crippen LogP contribution in [0.3, 0.4) is 0 Å². The lowest BCUT2D eigenvalue weighted by Gasteiger charge is -2.55. The fourth-order valence-electron chi connectivity index (χ4n) is 4.12. The fraction of sp³-hybridized carbons (Fsp3) is 0.867. The van der Waals surface area contributed by atoms with Gasteiger partial charge in [0.1, 0.15) is 12.7 Å². The van der Waals surface area contributed by atoms with Crippen LogP contribution >= 0.6 is 0 Å². The topological polar surface area (TPSA) is 52.0 Å². The Kier molecular flexibility index (Phi) is 4.08. The lowest BCUT2D eigenvalue weighted by Crippen LogP contribution is -2.64. The number of hydrogen-bond acceptors (Lipinski definition) is 4. The summed E-state index contributed by atoms with van der Waals surface area (Å²) in [6.07, 6.45) is 10.4. The summed E-state index contributed by atoms with van der Waals surface area (Å²) in [5.74, 6) is 0. The zero-order chi connectivity index (χ0) is 14.0. The van der Waals surface area contributed by atoms with Gasteiger partial charge in [0.05, 0.1) is 12.6 Å². The molecule has 1 aromatic rings. The first-order valence-corrected chi connectivity index (χ1v) is 7.94. The summed E-state index contributed by atoms with van der Waals surface area (Å²) < 4.78 is 7.87. The first-order valence-electron chi connectivity index (χ1n) is 7.94. The fourth-order valence-corrected chi connectivity index (χ4v) is 4.12. The van der Waals surface area contributed by atoms with Crippen molar-refractivity contribution in [2.24, 2.45) is 5.41 Å². The van der Waals surface area contributed by atoms with Crippen molar-refractivity contribution in [3.8, 4) is 0 Å². The Morgan fingerprint density at radius 1 is 1.45 bits per heavy atom. The molecule has 2 aliphatic rings. The molecule has 3 atom stereocenters. The first-order chi connectivity index (χ1) is 9.74. The predicted octanol–water partition coefficient (Wildman–Crippen LogP) is 1.99. The zero-order valence-corrected chi connectivity index (χ0v) is 12.6. The third-order valence-electron chi connectivity index (χ3n) is 5.10. The highest BCUT2D eigenvalue weighted by atomic mass is 16.5. The quantitative estimate of drug-likeness (QED) is 0.864. The van der Waals surface area contributed by atoms with Gasteiger partial charge in [0.25, 0.3) is 0 Å². The van der Waals surface area contributed by atoms with Gasteiger partial charge < -0.3 is 10.1 Å². The van der Waals surface area contributed by atoms with E-state index in [9.17, 15) is 0 Å². The van der Waals surface area contributed by atoms with E-state index in [4.69, 9.17) is 4.74 Å². The van der Waals surface area contributed by atoms with Crippen LogP contribution in [-0.4, -0.2) is 39.6 Å². The number of aromatic nitrogens is 3. The summed E-state index contributed by atoms with van der Waals surface area (Å²) in [6.45, 7) is 6.06. The van der Waals surface area contributed by atoms with E-state index in [-0.39, 0.29) is 0 Å². The Bertz CT molecular complexity index is 414. The van der Waals surface area contributed by atoms with Crippen molar-refractivity contribution in [3.05, 3.63) is 12.7 Å². The average molecular weight is 278 g/mol.